The van der Waals surface area contributed by atoms with Gasteiger partial charge in [-0.2, -0.15) is 0 Å². The molecule has 3 saturated heterocycles. The van der Waals surface area contributed by atoms with E-state index in [9.17, 15) is 22.8 Å². The van der Waals surface area contributed by atoms with Crippen LogP contribution in [0.2, 0.25) is 0 Å². The molecule has 0 aromatic rings. The molecule has 6 rings (SSSR count). The van der Waals surface area contributed by atoms with Crippen molar-refractivity contribution < 1.29 is 22.8 Å². The van der Waals surface area contributed by atoms with E-state index in [0.717, 1.165) is 25.0 Å². The molecule has 6 aliphatic rings. The van der Waals surface area contributed by atoms with Crippen molar-refractivity contribution in [3.8, 4) is 0 Å². The number of amides is 4. The van der Waals surface area contributed by atoms with Crippen LogP contribution in [-0.4, -0.2) is 112 Å². The molecule has 4 amide bonds. The molecule has 12 heteroatoms. The normalized spacial score (nSPS) is 30.9. The third-order valence-corrected chi connectivity index (χ3v) is 9.62. The van der Waals surface area contributed by atoms with E-state index >= 15 is 0 Å². The molecule has 2 aliphatic carbocycles. The summed E-state index contributed by atoms with van der Waals surface area (Å²) in [5, 5.41) is 3.13. The smallest absolute Gasteiger partial charge is 0.333 e. The van der Waals surface area contributed by atoms with Gasteiger partial charge in [-0.15, -0.1) is 0 Å². The van der Waals surface area contributed by atoms with Crippen molar-refractivity contribution in [2.45, 2.75) is 76.2 Å². The summed E-state index contributed by atoms with van der Waals surface area (Å²) >= 11 is 0. The number of sulfonamides is 1. The number of allylic oxidation sites excluding steroid dienone is 2. The maximum atomic E-state index is 13.4. The van der Waals surface area contributed by atoms with Gasteiger partial charge >= 0.3 is 12.1 Å². The van der Waals surface area contributed by atoms with E-state index < -0.39 is 15.6 Å². The van der Waals surface area contributed by atoms with Crippen molar-refractivity contribution in [3.63, 3.8) is 0 Å². The number of rotatable bonds is 7. The Bertz CT molecular complexity index is 1200. The summed E-state index contributed by atoms with van der Waals surface area (Å²) in [6, 6.07) is -0.271. The van der Waals surface area contributed by atoms with Crippen LogP contribution in [0.25, 0.3) is 0 Å². The highest BCUT2D eigenvalue weighted by atomic mass is 32.2. The minimum atomic E-state index is -3.27. The van der Waals surface area contributed by atoms with Crippen LogP contribution in [0.1, 0.15) is 46.5 Å². The van der Waals surface area contributed by atoms with E-state index in [1.165, 1.54) is 21.7 Å². The van der Waals surface area contributed by atoms with Crippen LogP contribution >= 0.6 is 0 Å². The van der Waals surface area contributed by atoms with Gasteiger partial charge < -0.3 is 10.2 Å². The van der Waals surface area contributed by atoms with Gasteiger partial charge in [0.25, 0.3) is 0 Å². The van der Waals surface area contributed by atoms with Gasteiger partial charge in [-0.1, -0.05) is 12.2 Å². The first kappa shape index (κ1) is 26.7. The summed E-state index contributed by atoms with van der Waals surface area (Å²) in [6.45, 7) is 7.26. The molecule has 11 nitrogen and oxygen atoms in total. The van der Waals surface area contributed by atoms with E-state index in [-0.39, 0.29) is 48.6 Å². The van der Waals surface area contributed by atoms with E-state index in [1.54, 1.807) is 11.1 Å². The Balaban J connectivity index is 1.14. The Morgan fingerprint density at radius 1 is 1.11 bits per heavy atom. The van der Waals surface area contributed by atoms with Crippen LogP contribution in [0.3, 0.4) is 0 Å². The van der Waals surface area contributed by atoms with E-state index in [2.05, 4.69) is 10.2 Å². The highest BCUT2D eigenvalue weighted by molar-refractivity contribution is 7.88. The van der Waals surface area contributed by atoms with Crippen LogP contribution < -0.4 is 5.32 Å². The van der Waals surface area contributed by atoms with Gasteiger partial charge in [0.1, 0.15) is 0 Å². The van der Waals surface area contributed by atoms with Crippen molar-refractivity contribution in [1.29, 1.82) is 0 Å². The van der Waals surface area contributed by atoms with E-state index in [0.29, 0.717) is 26.1 Å². The zero-order valence-corrected chi connectivity index (χ0v) is 23.4. The third kappa shape index (κ3) is 4.72. The number of piperidine rings is 1. The molecule has 4 aliphatic heterocycles. The lowest BCUT2D eigenvalue weighted by Crippen LogP contribution is -2.66. The first-order valence-electron chi connectivity index (χ1n) is 13.4. The average Bonchev–Trinajstić information content (AvgIpc) is 3.08. The van der Waals surface area contributed by atoms with Gasteiger partial charge in [-0.05, 0) is 52.5 Å². The van der Waals surface area contributed by atoms with Crippen LogP contribution in [-0.2, 0) is 14.8 Å². The number of nitrogens with one attached hydrogen (secondary N) is 1. The molecule has 1 N–H and O–H groups in total. The first-order valence-corrected chi connectivity index (χ1v) is 15.2. The molecule has 4 heterocycles. The summed E-state index contributed by atoms with van der Waals surface area (Å²) in [5.74, 6) is 0.0914. The second-order valence-corrected chi connectivity index (χ2v) is 13.5. The van der Waals surface area contributed by atoms with Crippen molar-refractivity contribution in [3.05, 3.63) is 36.3 Å². The maximum absolute atomic E-state index is 13.4. The number of Topliss-reactive ketones (excluding diaryl/α,β-unsaturated/α-hetero) is 1. The van der Waals surface area contributed by atoms with Gasteiger partial charge in [0.15, 0.2) is 5.78 Å². The van der Waals surface area contributed by atoms with E-state index in [4.69, 9.17) is 0 Å². The largest absolute Gasteiger partial charge is 0.367 e. The Labute approximate surface area is 224 Å². The van der Waals surface area contributed by atoms with Gasteiger partial charge in [0.05, 0.1) is 31.4 Å². The fourth-order valence-corrected chi connectivity index (χ4v) is 7.22. The monoisotopic (exact) mass is 546 g/mol. The Morgan fingerprint density at radius 2 is 1.82 bits per heavy atom. The highest BCUT2D eigenvalue weighted by Crippen LogP contribution is 2.43. The lowest BCUT2D eigenvalue weighted by atomic mass is 9.76. The third-order valence-electron chi connectivity index (χ3n) is 8.47. The Morgan fingerprint density at radius 3 is 2.42 bits per heavy atom. The quantitative estimate of drug-likeness (QED) is 0.517. The molecule has 0 spiro atoms. The summed E-state index contributed by atoms with van der Waals surface area (Å²) in [6.07, 6.45) is 13.3. The van der Waals surface area contributed by atoms with Gasteiger partial charge in [-0.25, -0.2) is 22.9 Å². The molecule has 0 aromatic carbocycles. The van der Waals surface area contributed by atoms with Gasteiger partial charge in [0.2, 0.25) is 10.0 Å². The number of imide groups is 1. The van der Waals surface area contributed by atoms with Crippen molar-refractivity contribution in [2.24, 2.45) is 0 Å². The minimum absolute atomic E-state index is 0.0410. The second-order valence-electron chi connectivity index (χ2n) is 11.6. The van der Waals surface area contributed by atoms with Crippen LogP contribution in [0.4, 0.5) is 9.59 Å². The topological polar surface area (TPSA) is 114 Å². The van der Waals surface area contributed by atoms with Crippen molar-refractivity contribution in [1.82, 2.24) is 29.2 Å². The molecule has 3 atom stereocenters. The average molecular weight is 547 g/mol. The maximum Gasteiger partial charge on any atom is 0.333 e. The predicted octanol–water partition coefficient (Wildman–Crippen LogP) is 1.67. The van der Waals surface area contributed by atoms with Crippen LogP contribution in [0.5, 0.6) is 0 Å². The fraction of sp³-hybridized carbons (Fsp3) is 0.654. The van der Waals surface area contributed by atoms with Crippen molar-refractivity contribution >= 4 is 27.9 Å². The minimum Gasteiger partial charge on any atom is -0.367 e. The van der Waals surface area contributed by atoms with E-state index in [1.807, 2.05) is 43.9 Å². The molecule has 0 radical (unpaired) electrons. The highest BCUT2D eigenvalue weighted by Gasteiger charge is 2.55. The summed E-state index contributed by atoms with van der Waals surface area (Å²) in [5.41, 5.74) is 0.163. The Hall–Kier alpha value is -2.86. The first-order chi connectivity index (χ1) is 17.9. The summed E-state index contributed by atoms with van der Waals surface area (Å²) in [4.78, 5) is 46.7. The Kier molecular flexibility index (Phi) is 6.83. The summed E-state index contributed by atoms with van der Waals surface area (Å²) < 4.78 is 24.6. The zero-order valence-electron chi connectivity index (χ0n) is 22.5. The lowest BCUT2D eigenvalue weighted by molar-refractivity contribution is -0.127. The number of hydrogen-bond acceptors (Lipinski definition) is 7. The number of ketones is 1. The molecule has 0 aromatic heterocycles. The molecule has 208 valence electrons. The number of hydrogen-bond donors (Lipinski definition) is 1. The number of carbonyl (C=O) groups excluding carboxylic acids is 3. The zero-order chi connectivity index (χ0) is 27.4. The second kappa shape index (κ2) is 9.71. The number of urea groups is 2. The molecular weight excluding hydrogens is 508 g/mol. The number of fused-ring (bicyclic) bond motifs is 3. The van der Waals surface area contributed by atoms with Gasteiger partial charge in [0, 0.05) is 48.8 Å². The van der Waals surface area contributed by atoms with Crippen molar-refractivity contribution in [2.75, 3.05) is 32.4 Å². The SMILES string of the molecule is CC(C)N1C(=O)N(C(=O)NC2CC3CC(C2)N3CC(=O)CN2C=CN(S(C)(=O)=O)CC2)C2(C)CC=CC=C12. The standard InChI is InChI=1S/C26H38N6O5S/c1-18(2)31-23-7-5-6-8-26(23,3)32(25(31)35)24(34)27-19-13-20-15-21(14-19)30(20)17-22(33)16-28-9-11-29(12-10-28)38(4,36)37/h5-7,9,11,18-21H,8,10,12-17H2,1-4H3,(H,27,34). The molecule has 4 fully saturated rings. The van der Waals surface area contributed by atoms with Gasteiger partial charge in [-0.3, -0.25) is 18.9 Å². The predicted molar refractivity (Wildman–Crippen MR) is 142 cm³/mol. The number of nitrogens with zero attached hydrogens (tertiary/aromatic N) is 5. The molecule has 1 saturated carbocycles. The summed E-state index contributed by atoms with van der Waals surface area (Å²) in [7, 11) is -3.27. The molecule has 38 heavy (non-hydrogen) atoms. The number of carbonyl (C=O) groups is 3. The molecule has 3 unspecified atom stereocenters. The lowest BCUT2D eigenvalue weighted by Gasteiger charge is -2.55. The fourth-order valence-electron chi connectivity index (χ4n) is 6.53. The van der Waals surface area contributed by atoms with Crippen LogP contribution in [0.15, 0.2) is 36.3 Å². The van der Waals surface area contributed by atoms with Crippen LogP contribution in [0, 0.1) is 0 Å². The molecule has 2 bridgehead atoms. The molecular formula is C26H38N6O5S.